The van der Waals surface area contributed by atoms with Crippen LogP contribution in [0.25, 0.3) is 0 Å². The molecule has 1 aliphatic rings. The number of carbonyl (C=O) groups excluding carboxylic acids is 1. The number of carbonyl (C=O) groups is 1. The number of aromatic nitrogens is 3. The maximum atomic E-state index is 12.2. The molecule has 0 saturated heterocycles. The Morgan fingerprint density at radius 1 is 1.18 bits per heavy atom. The third kappa shape index (κ3) is 4.19. The van der Waals surface area contributed by atoms with Gasteiger partial charge in [0, 0.05) is 18.0 Å². The van der Waals surface area contributed by atoms with Gasteiger partial charge in [0.1, 0.15) is 5.82 Å². The van der Waals surface area contributed by atoms with E-state index in [1.54, 1.807) is 18.2 Å². The first-order chi connectivity index (χ1) is 13.5. The molecule has 1 fully saturated rings. The molecule has 1 aromatic heterocycles. The van der Waals surface area contributed by atoms with E-state index < -0.39 is 0 Å². The van der Waals surface area contributed by atoms with Gasteiger partial charge in [0.05, 0.1) is 16.5 Å². The first-order valence-electron chi connectivity index (χ1n) is 8.85. The summed E-state index contributed by atoms with van der Waals surface area (Å²) in [6.07, 6.45) is 1.08. The third-order valence-electron chi connectivity index (χ3n) is 4.76. The molecule has 0 spiro atoms. The number of hydrogen-bond donors (Lipinski definition) is 1. The van der Waals surface area contributed by atoms with E-state index in [-0.39, 0.29) is 11.7 Å². The summed E-state index contributed by atoms with van der Waals surface area (Å²) in [6, 6.07) is 15.4. The van der Waals surface area contributed by atoms with Crippen LogP contribution in [0.5, 0.6) is 0 Å². The maximum Gasteiger partial charge on any atom is 0.234 e. The fourth-order valence-electron chi connectivity index (χ4n) is 3.23. The van der Waals surface area contributed by atoms with Crippen LogP contribution in [-0.2, 0) is 11.8 Å². The molecule has 5 nitrogen and oxygen atoms in total. The highest BCUT2D eigenvalue weighted by Crippen LogP contribution is 2.54. The lowest BCUT2D eigenvalue weighted by molar-refractivity contribution is -0.113. The molecule has 0 bridgehead atoms. The smallest absolute Gasteiger partial charge is 0.234 e. The summed E-state index contributed by atoms with van der Waals surface area (Å²) in [5.74, 6) is 1.91. The Bertz CT molecular complexity index is 1010. The van der Waals surface area contributed by atoms with Gasteiger partial charge in [-0.3, -0.25) is 4.79 Å². The third-order valence-corrected chi connectivity index (χ3v) is 6.32. The van der Waals surface area contributed by atoms with Crippen molar-refractivity contribution in [1.29, 1.82) is 0 Å². The summed E-state index contributed by atoms with van der Waals surface area (Å²) >= 11 is 13.3. The highest BCUT2D eigenvalue weighted by molar-refractivity contribution is 7.99. The Morgan fingerprint density at radius 2 is 1.96 bits per heavy atom. The molecule has 28 heavy (non-hydrogen) atoms. The van der Waals surface area contributed by atoms with E-state index in [4.69, 9.17) is 23.2 Å². The quantitative estimate of drug-likeness (QED) is 0.548. The van der Waals surface area contributed by atoms with Gasteiger partial charge in [-0.15, -0.1) is 10.2 Å². The Balaban J connectivity index is 1.35. The Kier molecular flexibility index (Phi) is 5.62. The molecule has 2 aromatic carbocycles. The molecule has 4 rings (SSSR count). The predicted octanol–water partition coefficient (Wildman–Crippen LogP) is 5.12. The molecular formula is C20H18Cl2N4OS. The van der Waals surface area contributed by atoms with Gasteiger partial charge < -0.3 is 9.88 Å². The molecule has 2 unspecified atom stereocenters. The van der Waals surface area contributed by atoms with Gasteiger partial charge in [0.15, 0.2) is 5.16 Å². The topological polar surface area (TPSA) is 59.8 Å². The average molecular weight is 433 g/mol. The number of halogens is 2. The summed E-state index contributed by atoms with van der Waals surface area (Å²) < 4.78 is 1.99. The molecule has 144 valence electrons. The lowest BCUT2D eigenvalue weighted by Gasteiger charge is -2.07. The Labute approximate surface area is 177 Å². The number of benzene rings is 2. The van der Waals surface area contributed by atoms with Crippen LogP contribution in [0.1, 0.15) is 29.6 Å². The largest absolute Gasteiger partial charge is 0.324 e. The van der Waals surface area contributed by atoms with E-state index >= 15 is 0 Å². The zero-order valence-corrected chi connectivity index (χ0v) is 17.4. The van der Waals surface area contributed by atoms with Crippen molar-refractivity contribution in [2.75, 3.05) is 11.1 Å². The van der Waals surface area contributed by atoms with Crippen LogP contribution in [0, 0.1) is 0 Å². The molecule has 8 heteroatoms. The van der Waals surface area contributed by atoms with Crippen LogP contribution < -0.4 is 5.32 Å². The van der Waals surface area contributed by atoms with Crippen molar-refractivity contribution in [2.45, 2.75) is 23.4 Å². The summed E-state index contributed by atoms with van der Waals surface area (Å²) in [7, 11) is 1.95. The molecule has 1 heterocycles. The van der Waals surface area contributed by atoms with Crippen molar-refractivity contribution in [3.63, 3.8) is 0 Å². The average Bonchev–Trinajstić information content (AvgIpc) is 3.39. The van der Waals surface area contributed by atoms with Gasteiger partial charge in [-0.05, 0) is 36.1 Å². The molecule has 0 radical (unpaired) electrons. The van der Waals surface area contributed by atoms with Gasteiger partial charge in [0.2, 0.25) is 5.91 Å². The molecular weight excluding hydrogens is 415 g/mol. The predicted molar refractivity (Wildman–Crippen MR) is 113 cm³/mol. The van der Waals surface area contributed by atoms with E-state index in [0.29, 0.717) is 27.6 Å². The number of hydrogen-bond acceptors (Lipinski definition) is 4. The van der Waals surface area contributed by atoms with E-state index in [1.807, 2.05) is 17.7 Å². The van der Waals surface area contributed by atoms with Crippen molar-refractivity contribution in [2.24, 2.45) is 7.05 Å². The van der Waals surface area contributed by atoms with Gasteiger partial charge in [-0.2, -0.15) is 0 Å². The zero-order chi connectivity index (χ0) is 19.7. The molecule has 1 aliphatic carbocycles. The van der Waals surface area contributed by atoms with Crippen molar-refractivity contribution < 1.29 is 4.79 Å². The summed E-state index contributed by atoms with van der Waals surface area (Å²) in [5, 5.41) is 13.1. The summed E-state index contributed by atoms with van der Waals surface area (Å²) in [5.41, 5.74) is 1.88. The summed E-state index contributed by atoms with van der Waals surface area (Å²) in [4.78, 5) is 12.2. The minimum Gasteiger partial charge on any atom is -0.324 e. The Hall–Kier alpha value is -2.02. The van der Waals surface area contributed by atoms with Gasteiger partial charge in [0.25, 0.3) is 0 Å². The SMILES string of the molecule is Cn1c(SCC(=O)Nc2ccc(Cl)cc2Cl)nnc1C1CC1c1ccccc1. The standard InChI is InChI=1S/C20H18Cl2N4OS/c1-26-19(15-10-14(15)12-5-3-2-4-6-12)24-25-20(26)28-11-18(27)23-17-8-7-13(21)9-16(17)22/h2-9,14-15H,10-11H2,1H3,(H,23,27). The number of amides is 1. The van der Waals surface area contributed by atoms with Crippen molar-refractivity contribution in [3.8, 4) is 0 Å². The Morgan fingerprint density at radius 3 is 2.71 bits per heavy atom. The first-order valence-corrected chi connectivity index (χ1v) is 10.6. The van der Waals surface area contributed by atoms with Gasteiger partial charge in [-0.25, -0.2) is 0 Å². The lowest BCUT2D eigenvalue weighted by atomic mass is 10.1. The fraction of sp³-hybridized carbons (Fsp3) is 0.250. The molecule has 0 aliphatic heterocycles. The van der Waals surface area contributed by atoms with E-state index in [9.17, 15) is 4.79 Å². The van der Waals surface area contributed by atoms with Crippen molar-refractivity contribution >= 4 is 46.6 Å². The van der Waals surface area contributed by atoms with Crippen molar-refractivity contribution in [3.05, 3.63) is 70.0 Å². The summed E-state index contributed by atoms with van der Waals surface area (Å²) in [6.45, 7) is 0. The fourth-order valence-corrected chi connectivity index (χ4v) is 4.40. The zero-order valence-electron chi connectivity index (χ0n) is 15.1. The number of rotatable bonds is 6. The molecule has 1 N–H and O–H groups in total. The van der Waals surface area contributed by atoms with Crippen LogP contribution in [0.3, 0.4) is 0 Å². The molecule has 2 atom stereocenters. The normalized spacial score (nSPS) is 18.1. The molecule has 1 saturated carbocycles. The van der Waals surface area contributed by atoms with Crippen molar-refractivity contribution in [1.82, 2.24) is 14.8 Å². The van der Waals surface area contributed by atoms with E-state index in [0.717, 1.165) is 17.4 Å². The van der Waals surface area contributed by atoms with Crippen LogP contribution in [0.4, 0.5) is 5.69 Å². The monoisotopic (exact) mass is 432 g/mol. The van der Waals surface area contributed by atoms with Crippen LogP contribution in [0.2, 0.25) is 10.0 Å². The second kappa shape index (κ2) is 8.15. The van der Waals surface area contributed by atoms with Crippen LogP contribution in [0.15, 0.2) is 53.7 Å². The van der Waals surface area contributed by atoms with E-state index in [1.165, 1.54) is 17.3 Å². The number of nitrogens with one attached hydrogen (secondary N) is 1. The second-order valence-corrected chi connectivity index (χ2v) is 8.51. The highest BCUT2D eigenvalue weighted by atomic mass is 35.5. The highest BCUT2D eigenvalue weighted by Gasteiger charge is 2.42. The van der Waals surface area contributed by atoms with Gasteiger partial charge in [-0.1, -0.05) is 65.3 Å². The minimum absolute atomic E-state index is 0.160. The number of thioether (sulfide) groups is 1. The maximum absolute atomic E-state index is 12.2. The number of anilines is 1. The molecule has 3 aromatic rings. The van der Waals surface area contributed by atoms with Crippen LogP contribution in [-0.4, -0.2) is 26.4 Å². The molecule has 1 amide bonds. The second-order valence-electron chi connectivity index (χ2n) is 6.72. The first kappa shape index (κ1) is 19.3. The van der Waals surface area contributed by atoms with Crippen LogP contribution >= 0.6 is 35.0 Å². The minimum atomic E-state index is -0.160. The van der Waals surface area contributed by atoms with Gasteiger partial charge >= 0.3 is 0 Å². The van der Waals surface area contributed by atoms with E-state index in [2.05, 4.69) is 39.8 Å². The lowest BCUT2D eigenvalue weighted by Crippen LogP contribution is -2.14. The number of nitrogens with zero attached hydrogens (tertiary/aromatic N) is 3.